The topological polar surface area (TPSA) is 49.9 Å². The number of carbonyl (C=O) groups is 2. The SMILES string of the molecule is CN1C(=O)[C@@H](Oc2ccc(F)cc2)[C@H]1C(=O)N1CCCCC1. The second kappa shape index (κ2) is 5.94. The van der Waals surface area contributed by atoms with Crippen molar-refractivity contribution in [3.63, 3.8) is 0 Å². The molecule has 2 amide bonds. The first-order valence-electron chi connectivity index (χ1n) is 7.55. The summed E-state index contributed by atoms with van der Waals surface area (Å²) in [5.74, 6) is -0.261. The van der Waals surface area contributed by atoms with Gasteiger partial charge in [0.05, 0.1) is 0 Å². The monoisotopic (exact) mass is 306 g/mol. The summed E-state index contributed by atoms with van der Waals surface area (Å²) < 4.78 is 18.5. The second-order valence-corrected chi connectivity index (χ2v) is 5.77. The molecular weight excluding hydrogens is 287 g/mol. The van der Waals surface area contributed by atoms with Crippen LogP contribution in [0.25, 0.3) is 0 Å². The molecule has 2 aliphatic rings. The second-order valence-electron chi connectivity index (χ2n) is 5.77. The molecule has 2 fully saturated rings. The summed E-state index contributed by atoms with van der Waals surface area (Å²) >= 11 is 0. The maximum atomic E-state index is 12.9. The predicted molar refractivity (Wildman–Crippen MR) is 77.8 cm³/mol. The highest BCUT2D eigenvalue weighted by molar-refractivity contribution is 6.01. The lowest BCUT2D eigenvalue weighted by atomic mass is 9.96. The smallest absolute Gasteiger partial charge is 0.266 e. The van der Waals surface area contributed by atoms with Crippen LogP contribution in [0.15, 0.2) is 24.3 Å². The van der Waals surface area contributed by atoms with E-state index in [1.165, 1.54) is 29.2 Å². The highest BCUT2D eigenvalue weighted by atomic mass is 19.1. The molecule has 0 bridgehead atoms. The number of rotatable bonds is 3. The Labute approximate surface area is 128 Å². The number of piperidine rings is 1. The van der Waals surface area contributed by atoms with E-state index in [9.17, 15) is 14.0 Å². The molecule has 0 saturated carbocycles. The number of hydrogen-bond donors (Lipinski definition) is 0. The largest absolute Gasteiger partial charge is 0.478 e. The van der Waals surface area contributed by atoms with Crippen molar-refractivity contribution in [3.05, 3.63) is 30.1 Å². The van der Waals surface area contributed by atoms with Crippen LogP contribution >= 0.6 is 0 Å². The molecule has 0 spiro atoms. The zero-order valence-electron chi connectivity index (χ0n) is 12.5. The Morgan fingerprint density at radius 2 is 1.82 bits per heavy atom. The molecule has 0 N–H and O–H groups in total. The van der Waals surface area contributed by atoms with Crippen molar-refractivity contribution >= 4 is 11.8 Å². The number of likely N-dealkylation sites (tertiary alicyclic amines) is 2. The van der Waals surface area contributed by atoms with E-state index < -0.39 is 12.1 Å². The summed E-state index contributed by atoms with van der Waals surface area (Å²) in [6.45, 7) is 1.47. The lowest BCUT2D eigenvalue weighted by Gasteiger charge is -2.45. The van der Waals surface area contributed by atoms with Crippen LogP contribution in [0.5, 0.6) is 5.75 Å². The fourth-order valence-corrected chi connectivity index (χ4v) is 2.96. The summed E-state index contributed by atoms with van der Waals surface area (Å²) in [4.78, 5) is 27.8. The molecule has 2 aliphatic heterocycles. The summed E-state index contributed by atoms with van der Waals surface area (Å²) in [7, 11) is 1.61. The lowest BCUT2D eigenvalue weighted by Crippen LogP contribution is -2.70. The molecular formula is C16H19FN2O3. The first-order chi connectivity index (χ1) is 10.6. The lowest BCUT2D eigenvalue weighted by molar-refractivity contribution is -0.171. The number of amides is 2. The van der Waals surface area contributed by atoms with Crippen molar-refractivity contribution in [2.24, 2.45) is 0 Å². The number of ether oxygens (including phenoxy) is 1. The molecule has 6 heteroatoms. The number of halogens is 1. The molecule has 0 unspecified atom stereocenters. The number of β-lactam (4-membered cyclic amide) rings is 1. The van der Waals surface area contributed by atoms with Gasteiger partial charge in [0.2, 0.25) is 12.0 Å². The van der Waals surface area contributed by atoms with Crippen LogP contribution in [-0.4, -0.2) is 53.9 Å². The highest BCUT2D eigenvalue weighted by Crippen LogP contribution is 2.26. The highest BCUT2D eigenvalue weighted by Gasteiger charge is 2.52. The number of benzene rings is 1. The van der Waals surface area contributed by atoms with Crippen LogP contribution < -0.4 is 4.74 Å². The van der Waals surface area contributed by atoms with Crippen molar-refractivity contribution < 1.29 is 18.7 Å². The quantitative estimate of drug-likeness (QED) is 0.794. The third-order valence-corrected chi connectivity index (χ3v) is 4.29. The van der Waals surface area contributed by atoms with E-state index in [2.05, 4.69) is 0 Å². The number of carbonyl (C=O) groups excluding carboxylic acids is 2. The van der Waals surface area contributed by atoms with E-state index in [1.807, 2.05) is 0 Å². The van der Waals surface area contributed by atoms with E-state index in [0.29, 0.717) is 5.75 Å². The van der Waals surface area contributed by atoms with Gasteiger partial charge >= 0.3 is 0 Å². The van der Waals surface area contributed by atoms with Gasteiger partial charge in [-0.1, -0.05) is 0 Å². The van der Waals surface area contributed by atoms with Crippen molar-refractivity contribution in [1.82, 2.24) is 9.80 Å². The molecule has 2 atom stereocenters. The Hall–Kier alpha value is -2.11. The molecule has 5 nitrogen and oxygen atoms in total. The van der Waals surface area contributed by atoms with Crippen LogP contribution in [0.2, 0.25) is 0 Å². The molecule has 0 aliphatic carbocycles. The fourth-order valence-electron chi connectivity index (χ4n) is 2.96. The first-order valence-corrected chi connectivity index (χ1v) is 7.55. The summed E-state index contributed by atoms with van der Waals surface area (Å²) in [5.41, 5.74) is 0. The van der Waals surface area contributed by atoms with Crippen molar-refractivity contribution in [3.8, 4) is 5.75 Å². The van der Waals surface area contributed by atoms with Gasteiger partial charge in [0.15, 0.2) is 6.04 Å². The van der Waals surface area contributed by atoms with Crippen molar-refractivity contribution in [1.29, 1.82) is 0 Å². The maximum absolute atomic E-state index is 12.9. The molecule has 3 rings (SSSR count). The van der Waals surface area contributed by atoms with Gasteiger partial charge < -0.3 is 14.5 Å². The maximum Gasteiger partial charge on any atom is 0.266 e. The minimum atomic E-state index is -0.815. The Balaban J connectivity index is 1.70. The molecule has 2 heterocycles. The molecule has 0 radical (unpaired) electrons. The van der Waals surface area contributed by atoms with E-state index in [-0.39, 0.29) is 17.6 Å². The van der Waals surface area contributed by atoms with E-state index in [0.717, 1.165) is 32.4 Å². The third kappa shape index (κ3) is 2.65. The van der Waals surface area contributed by atoms with Crippen LogP contribution in [0.1, 0.15) is 19.3 Å². The summed E-state index contributed by atoms with van der Waals surface area (Å²) in [5, 5.41) is 0. The molecule has 2 saturated heterocycles. The van der Waals surface area contributed by atoms with Crippen LogP contribution in [0.4, 0.5) is 4.39 Å². The number of likely N-dealkylation sites (N-methyl/N-ethyl adjacent to an activating group) is 1. The van der Waals surface area contributed by atoms with E-state index in [1.54, 1.807) is 11.9 Å². The predicted octanol–water partition coefficient (Wildman–Crippen LogP) is 1.43. The molecule has 22 heavy (non-hydrogen) atoms. The molecule has 1 aromatic rings. The van der Waals surface area contributed by atoms with Gasteiger partial charge in [0, 0.05) is 20.1 Å². The normalized spacial score (nSPS) is 24.9. The van der Waals surface area contributed by atoms with Gasteiger partial charge in [0.1, 0.15) is 11.6 Å². The average Bonchev–Trinajstić information content (AvgIpc) is 2.56. The van der Waals surface area contributed by atoms with Gasteiger partial charge in [-0.05, 0) is 43.5 Å². The zero-order valence-corrected chi connectivity index (χ0v) is 12.5. The van der Waals surface area contributed by atoms with Crippen molar-refractivity contribution in [2.75, 3.05) is 20.1 Å². The van der Waals surface area contributed by atoms with Gasteiger partial charge in [-0.15, -0.1) is 0 Å². The number of hydrogen-bond acceptors (Lipinski definition) is 3. The Morgan fingerprint density at radius 1 is 1.18 bits per heavy atom. The Morgan fingerprint density at radius 3 is 2.45 bits per heavy atom. The zero-order chi connectivity index (χ0) is 15.7. The molecule has 118 valence electrons. The molecule has 1 aromatic carbocycles. The standard InChI is InChI=1S/C16H19FN2O3/c1-18-13(15(20)19-9-3-2-4-10-19)14(16(18)21)22-12-7-5-11(17)6-8-12/h5-8,13-14H,2-4,9-10H2,1H3/t13-,14-/m0/s1. The first kappa shape index (κ1) is 14.8. The van der Waals surface area contributed by atoms with Crippen LogP contribution in [0, 0.1) is 5.82 Å². The fraction of sp³-hybridized carbons (Fsp3) is 0.500. The van der Waals surface area contributed by atoms with Crippen LogP contribution in [-0.2, 0) is 9.59 Å². The van der Waals surface area contributed by atoms with Crippen molar-refractivity contribution in [2.45, 2.75) is 31.4 Å². The van der Waals surface area contributed by atoms with Gasteiger partial charge in [-0.3, -0.25) is 9.59 Å². The van der Waals surface area contributed by atoms with Gasteiger partial charge in [-0.2, -0.15) is 0 Å². The van der Waals surface area contributed by atoms with Gasteiger partial charge in [0.25, 0.3) is 5.91 Å². The molecule has 0 aromatic heterocycles. The third-order valence-electron chi connectivity index (χ3n) is 4.29. The minimum Gasteiger partial charge on any atom is -0.478 e. The number of nitrogens with zero attached hydrogens (tertiary/aromatic N) is 2. The Bertz CT molecular complexity index is 569. The summed E-state index contributed by atoms with van der Waals surface area (Å²) in [6, 6.07) is 4.87. The van der Waals surface area contributed by atoms with E-state index in [4.69, 9.17) is 4.74 Å². The average molecular weight is 306 g/mol. The Kier molecular flexibility index (Phi) is 4.00. The van der Waals surface area contributed by atoms with Crippen LogP contribution in [0.3, 0.4) is 0 Å². The minimum absolute atomic E-state index is 0.0612. The summed E-state index contributed by atoms with van der Waals surface area (Å²) in [6.07, 6.45) is 2.32. The van der Waals surface area contributed by atoms with E-state index >= 15 is 0 Å². The van der Waals surface area contributed by atoms with Gasteiger partial charge in [-0.25, -0.2) is 4.39 Å².